The second-order valence-corrected chi connectivity index (χ2v) is 7.82. The number of piperidine rings is 1. The van der Waals surface area contributed by atoms with E-state index in [9.17, 15) is 13.2 Å². The second-order valence-electron chi connectivity index (χ2n) is 7.82. The number of hydrogen-bond donors (Lipinski definition) is 1. The monoisotopic (exact) mass is 443 g/mol. The van der Waals surface area contributed by atoms with Gasteiger partial charge in [0.2, 0.25) is 0 Å². The standard InChI is InChI=1S/C22H32F3N3O3/c1-26-21(27-11-15-30-20-8-3-2-7-19(20)22(23,24)25)28-12-9-17(10-13-28)31-16-18-6-4-5-14-29-18/h2-3,7-8,17-18H,4-6,9-16H2,1H3,(H,26,27). The Kier molecular flexibility index (Phi) is 8.83. The lowest BCUT2D eigenvalue weighted by Gasteiger charge is -2.35. The Morgan fingerprint density at radius 3 is 2.65 bits per heavy atom. The quantitative estimate of drug-likeness (QED) is 0.396. The number of ether oxygens (including phenoxy) is 3. The van der Waals surface area contributed by atoms with Crippen molar-refractivity contribution in [2.45, 2.75) is 50.5 Å². The van der Waals surface area contributed by atoms with Crippen LogP contribution in [-0.4, -0.2) is 69.6 Å². The van der Waals surface area contributed by atoms with Crippen molar-refractivity contribution in [1.29, 1.82) is 0 Å². The first-order valence-electron chi connectivity index (χ1n) is 10.9. The Bertz CT molecular complexity index is 701. The maximum atomic E-state index is 13.0. The molecule has 2 saturated heterocycles. The summed E-state index contributed by atoms with van der Waals surface area (Å²) in [5.41, 5.74) is -0.764. The van der Waals surface area contributed by atoms with E-state index in [1.807, 2.05) is 0 Å². The third-order valence-corrected chi connectivity index (χ3v) is 5.58. The number of para-hydroxylation sites is 1. The molecule has 1 unspecified atom stereocenters. The number of hydrogen-bond acceptors (Lipinski definition) is 4. The molecule has 2 heterocycles. The lowest BCUT2D eigenvalue weighted by atomic mass is 10.1. The third kappa shape index (κ3) is 7.28. The molecule has 0 amide bonds. The molecule has 9 heteroatoms. The largest absolute Gasteiger partial charge is 0.491 e. The first-order chi connectivity index (χ1) is 15.0. The number of rotatable bonds is 7. The third-order valence-electron chi connectivity index (χ3n) is 5.58. The highest BCUT2D eigenvalue weighted by Crippen LogP contribution is 2.35. The Morgan fingerprint density at radius 1 is 1.19 bits per heavy atom. The summed E-state index contributed by atoms with van der Waals surface area (Å²) in [7, 11) is 1.70. The summed E-state index contributed by atoms with van der Waals surface area (Å²) >= 11 is 0. The molecule has 0 bridgehead atoms. The van der Waals surface area contributed by atoms with Gasteiger partial charge in [-0.2, -0.15) is 13.2 Å². The van der Waals surface area contributed by atoms with Crippen LogP contribution in [0.1, 0.15) is 37.7 Å². The van der Waals surface area contributed by atoms with Gasteiger partial charge in [0.15, 0.2) is 5.96 Å². The topological polar surface area (TPSA) is 55.3 Å². The Morgan fingerprint density at radius 2 is 1.97 bits per heavy atom. The SMILES string of the molecule is CN=C(NCCOc1ccccc1C(F)(F)F)N1CCC(OCC2CCCCO2)CC1. The van der Waals surface area contributed by atoms with Gasteiger partial charge in [0.1, 0.15) is 12.4 Å². The average Bonchev–Trinajstić information content (AvgIpc) is 2.78. The number of guanidine groups is 1. The maximum absolute atomic E-state index is 13.0. The molecule has 1 aromatic carbocycles. The second kappa shape index (κ2) is 11.6. The van der Waals surface area contributed by atoms with Gasteiger partial charge in [-0.25, -0.2) is 0 Å². The van der Waals surface area contributed by atoms with Crippen molar-refractivity contribution in [3.05, 3.63) is 29.8 Å². The highest BCUT2D eigenvalue weighted by atomic mass is 19.4. The first-order valence-corrected chi connectivity index (χ1v) is 10.9. The zero-order chi connectivity index (χ0) is 22.1. The summed E-state index contributed by atoms with van der Waals surface area (Å²) < 4.78 is 56.2. The van der Waals surface area contributed by atoms with Gasteiger partial charge in [0.25, 0.3) is 0 Å². The summed E-state index contributed by atoms with van der Waals surface area (Å²) in [6, 6.07) is 5.24. The highest BCUT2D eigenvalue weighted by molar-refractivity contribution is 5.79. The van der Waals surface area contributed by atoms with E-state index >= 15 is 0 Å². The van der Waals surface area contributed by atoms with Crippen LogP contribution in [0, 0.1) is 0 Å². The van der Waals surface area contributed by atoms with Gasteiger partial charge < -0.3 is 24.4 Å². The van der Waals surface area contributed by atoms with Gasteiger partial charge in [-0.15, -0.1) is 0 Å². The van der Waals surface area contributed by atoms with E-state index in [-0.39, 0.29) is 24.6 Å². The fourth-order valence-electron chi connectivity index (χ4n) is 3.90. The molecule has 3 rings (SSSR count). The van der Waals surface area contributed by atoms with Crippen LogP contribution in [-0.2, 0) is 15.7 Å². The normalized spacial score (nSPS) is 21.2. The molecule has 6 nitrogen and oxygen atoms in total. The summed E-state index contributed by atoms with van der Waals surface area (Å²) in [5.74, 6) is 0.563. The van der Waals surface area contributed by atoms with Crippen LogP contribution in [0.5, 0.6) is 5.75 Å². The van der Waals surface area contributed by atoms with Crippen molar-refractivity contribution >= 4 is 5.96 Å². The molecule has 1 atom stereocenters. The van der Waals surface area contributed by atoms with Gasteiger partial charge in [0.05, 0.1) is 30.9 Å². The van der Waals surface area contributed by atoms with Crippen molar-refractivity contribution in [2.75, 3.05) is 46.5 Å². The van der Waals surface area contributed by atoms with Crippen molar-refractivity contribution in [2.24, 2.45) is 4.99 Å². The molecule has 2 aliphatic rings. The summed E-state index contributed by atoms with van der Waals surface area (Å²) in [5, 5.41) is 3.17. The van der Waals surface area contributed by atoms with Gasteiger partial charge in [0, 0.05) is 26.7 Å². The van der Waals surface area contributed by atoms with Crippen molar-refractivity contribution in [3.63, 3.8) is 0 Å². The van der Waals surface area contributed by atoms with Crippen LogP contribution in [0.3, 0.4) is 0 Å². The molecular weight excluding hydrogens is 411 g/mol. The predicted octanol–water partition coefficient (Wildman–Crippen LogP) is 3.71. The van der Waals surface area contributed by atoms with E-state index in [0.29, 0.717) is 13.2 Å². The van der Waals surface area contributed by atoms with E-state index in [2.05, 4.69) is 15.2 Å². The first kappa shape index (κ1) is 23.7. The van der Waals surface area contributed by atoms with Crippen LogP contribution >= 0.6 is 0 Å². The van der Waals surface area contributed by atoms with Gasteiger partial charge in [-0.3, -0.25) is 4.99 Å². The molecular formula is C22H32F3N3O3. The predicted molar refractivity (Wildman–Crippen MR) is 112 cm³/mol. The van der Waals surface area contributed by atoms with E-state index in [1.165, 1.54) is 24.6 Å². The number of benzene rings is 1. The van der Waals surface area contributed by atoms with Crippen molar-refractivity contribution < 1.29 is 27.4 Å². The zero-order valence-corrected chi connectivity index (χ0v) is 18.0. The van der Waals surface area contributed by atoms with Crippen LogP contribution < -0.4 is 10.1 Å². The molecule has 1 N–H and O–H groups in total. The lowest BCUT2D eigenvalue weighted by Crippen LogP contribution is -2.48. The molecule has 1 aromatic rings. The number of aliphatic imine (C=N–C) groups is 1. The number of halogens is 3. The summed E-state index contributed by atoms with van der Waals surface area (Å²) in [4.78, 5) is 6.43. The number of nitrogens with zero attached hydrogens (tertiary/aromatic N) is 2. The van der Waals surface area contributed by atoms with Crippen LogP contribution in [0.15, 0.2) is 29.3 Å². The van der Waals surface area contributed by atoms with Crippen LogP contribution in [0.4, 0.5) is 13.2 Å². The molecule has 0 radical (unpaired) electrons. The molecule has 0 spiro atoms. The minimum atomic E-state index is -4.43. The van der Waals surface area contributed by atoms with Crippen molar-refractivity contribution in [1.82, 2.24) is 10.2 Å². The molecule has 0 saturated carbocycles. The molecule has 174 valence electrons. The smallest absolute Gasteiger partial charge is 0.419 e. The van der Waals surface area contributed by atoms with E-state index in [1.54, 1.807) is 7.05 Å². The van der Waals surface area contributed by atoms with E-state index in [4.69, 9.17) is 14.2 Å². The maximum Gasteiger partial charge on any atom is 0.419 e. The number of nitrogens with one attached hydrogen (secondary N) is 1. The lowest BCUT2D eigenvalue weighted by molar-refractivity contribution is -0.138. The van der Waals surface area contributed by atoms with Crippen LogP contribution in [0.2, 0.25) is 0 Å². The molecule has 2 fully saturated rings. The number of alkyl halides is 3. The molecule has 2 aliphatic heterocycles. The van der Waals surface area contributed by atoms with Crippen molar-refractivity contribution in [3.8, 4) is 5.75 Å². The summed E-state index contributed by atoms with van der Waals surface area (Å²) in [6.45, 7) is 3.58. The van der Waals surface area contributed by atoms with Gasteiger partial charge in [-0.05, 0) is 44.2 Å². The fourth-order valence-corrected chi connectivity index (χ4v) is 3.90. The van der Waals surface area contributed by atoms with E-state index in [0.717, 1.165) is 57.4 Å². The Hall–Kier alpha value is -2.00. The minimum absolute atomic E-state index is 0.104. The van der Waals surface area contributed by atoms with Gasteiger partial charge >= 0.3 is 6.18 Å². The molecule has 0 aliphatic carbocycles. The molecule has 0 aromatic heterocycles. The Labute approximate surface area is 181 Å². The Balaban J connectivity index is 1.36. The fraction of sp³-hybridized carbons (Fsp3) is 0.682. The summed E-state index contributed by atoms with van der Waals surface area (Å²) in [6.07, 6.45) is 1.25. The van der Waals surface area contributed by atoms with Crippen LogP contribution in [0.25, 0.3) is 0 Å². The highest BCUT2D eigenvalue weighted by Gasteiger charge is 2.34. The molecule has 31 heavy (non-hydrogen) atoms. The average molecular weight is 444 g/mol. The zero-order valence-electron chi connectivity index (χ0n) is 18.0. The van der Waals surface area contributed by atoms with E-state index < -0.39 is 11.7 Å². The van der Waals surface area contributed by atoms with Gasteiger partial charge in [-0.1, -0.05) is 12.1 Å². The number of likely N-dealkylation sites (tertiary alicyclic amines) is 1. The minimum Gasteiger partial charge on any atom is -0.491 e.